The first-order chi connectivity index (χ1) is 16.7. The van der Waals surface area contributed by atoms with Gasteiger partial charge < -0.3 is 20.7 Å². The van der Waals surface area contributed by atoms with Gasteiger partial charge in [-0.25, -0.2) is 4.98 Å². The van der Waals surface area contributed by atoms with Gasteiger partial charge in [0, 0.05) is 24.4 Å². The van der Waals surface area contributed by atoms with E-state index in [4.69, 9.17) is 10.5 Å². The van der Waals surface area contributed by atoms with Crippen molar-refractivity contribution < 1.29 is 19.1 Å². The van der Waals surface area contributed by atoms with Crippen molar-refractivity contribution >= 4 is 45.4 Å². The Hall–Kier alpha value is -3.24. The van der Waals surface area contributed by atoms with Gasteiger partial charge in [0.05, 0.1) is 10.6 Å². The molecule has 1 aliphatic heterocycles. The number of hydrogen-bond donors (Lipinski definition) is 2. The Labute approximate surface area is 212 Å². The molecule has 8 nitrogen and oxygen atoms in total. The molecule has 0 saturated carbocycles. The molecular formula is C25H28N4O4S2. The lowest BCUT2D eigenvalue weighted by Crippen LogP contribution is -2.40. The smallest absolute Gasteiger partial charge is 0.275 e. The monoisotopic (exact) mass is 512 g/mol. The van der Waals surface area contributed by atoms with E-state index in [-0.39, 0.29) is 24.3 Å². The molecule has 1 aromatic carbocycles. The lowest BCUT2D eigenvalue weighted by atomic mass is 9.97. The zero-order valence-corrected chi connectivity index (χ0v) is 21.6. The third-order valence-corrected chi connectivity index (χ3v) is 8.26. The fourth-order valence-corrected chi connectivity index (χ4v) is 5.92. The molecule has 3 N–H and O–H groups in total. The van der Waals surface area contributed by atoms with Crippen LogP contribution in [0.25, 0.3) is 0 Å². The van der Waals surface area contributed by atoms with Crippen LogP contribution in [0.5, 0.6) is 5.75 Å². The highest BCUT2D eigenvalue weighted by Crippen LogP contribution is 2.32. The second kappa shape index (κ2) is 10.6. The number of carbonyl (C=O) groups is 3. The molecule has 1 fully saturated rings. The highest BCUT2D eigenvalue weighted by atomic mass is 32.1. The van der Waals surface area contributed by atoms with Crippen LogP contribution in [0.4, 0.5) is 5.00 Å². The van der Waals surface area contributed by atoms with E-state index in [0.717, 1.165) is 29.0 Å². The molecule has 35 heavy (non-hydrogen) atoms. The minimum atomic E-state index is -0.571. The van der Waals surface area contributed by atoms with Gasteiger partial charge in [-0.3, -0.25) is 14.4 Å². The van der Waals surface area contributed by atoms with E-state index in [1.54, 1.807) is 17.7 Å². The SMILES string of the molecule is Cc1ccc(OCC(=O)N2CCC(c3nc(C(=O)Nc4scc(C)c4C(N)=O)cs3)CC2)cc1C. The summed E-state index contributed by atoms with van der Waals surface area (Å²) in [5, 5.41) is 7.58. The molecule has 3 aromatic rings. The van der Waals surface area contributed by atoms with Gasteiger partial charge in [-0.15, -0.1) is 22.7 Å². The van der Waals surface area contributed by atoms with E-state index in [1.165, 1.54) is 28.2 Å². The van der Waals surface area contributed by atoms with Crippen LogP contribution in [0, 0.1) is 20.8 Å². The number of aromatic nitrogens is 1. The number of rotatable bonds is 7. The molecule has 3 heterocycles. The first kappa shape index (κ1) is 24.9. The van der Waals surface area contributed by atoms with Crippen molar-refractivity contribution in [2.24, 2.45) is 5.73 Å². The number of thiazole rings is 1. The quantitative estimate of drug-likeness (QED) is 0.491. The second-order valence-corrected chi connectivity index (χ2v) is 10.5. The number of piperidine rings is 1. The molecular weight excluding hydrogens is 484 g/mol. The predicted molar refractivity (Wildman–Crippen MR) is 138 cm³/mol. The third-order valence-electron chi connectivity index (χ3n) is 6.24. The number of thiophene rings is 1. The molecule has 0 radical (unpaired) electrons. The Morgan fingerprint density at radius 1 is 1.09 bits per heavy atom. The number of nitrogens with zero attached hydrogens (tertiary/aromatic N) is 2. The third kappa shape index (κ3) is 5.71. The van der Waals surface area contributed by atoms with Crippen molar-refractivity contribution in [2.45, 2.75) is 39.5 Å². The number of anilines is 1. The van der Waals surface area contributed by atoms with Gasteiger partial charge in [0.25, 0.3) is 17.7 Å². The van der Waals surface area contributed by atoms with Crippen LogP contribution in [-0.4, -0.2) is 47.3 Å². The summed E-state index contributed by atoms with van der Waals surface area (Å²) in [6.07, 6.45) is 1.56. The van der Waals surface area contributed by atoms with E-state index < -0.39 is 5.91 Å². The molecule has 0 unspecified atom stereocenters. The maximum atomic E-state index is 12.7. The topological polar surface area (TPSA) is 115 Å². The number of nitrogens with two attached hydrogens (primary N) is 1. The van der Waals surface area contributed by atoms with Gasteiger partial charge in [-0.05, 0) is 67.8 Å². The number of benzene rings is 1. The van der Waals surface area contributed by atoms with Crippen molar-refractivity contribution in [2.75, 3.05) is 25.0 Å². The van der Waals surface area contributed by atoms with Crippen LogP contribution in [0.1, 0.15) is 61.3 Å². The zero-order valence-electron chi connectivity index (χ0n) is 19.9. The highest BCUT2D eigenvalue weighted by molar-refractivity contribution is 7.15. The minimum absolute atomic E-state index is 0.0181. The van der Waals surface area contributed by atoms with E-state index in [2.05, 4.69) is 10.3 Å². The fourth-order valence-electron chi connectivity index (χ4n) is 4.00. The van der Waals surface area contributed by atoms with Crippen LogP contribution in [0.15, 0.2) is 29.0 Å². The first-order valence-electron chi connectivity index (χ1n) is 11.4. The molecule has 1 saturated heterocycles. The number of carbonyl (C=O) groups excluding carboxylic acids is 3. The summed E-state index contributed by atoms with van der Waals surface area (Å²) in [4.78, 5) is 43.3. The average Bonchev–Trinajstić information content (AvgIpc) is 3.47. The Morgan fingerprint density at radius 2 is 1.83 bits per heavy atom. The fraction of sp³-hybridized carbons (Fsp3) is 0.360. The number of primary amides is 1. The Bertz CT molecular complexity index is 1260. The number of amides is 3. The van der Waals surface area contributed by atoms with Crippen molar-refractivity contribution in [1.82, 2.24) is 9.88 Å². The van der Waals surface area contributed by atoms with Crippen molar-refractivity contribution in [1.29, 1.82) is 0 Å². The number of likely N-dealkylation sites (tertiary alicyclic amines) is 1. The molecule has 0 spiro atoms. The molecule has 3 amide bonds. The second-order valence-electron chi connectivity index (χ2n) is 8.70. The van der Waals surface area contributed by atoms with Crippen molar-refractivity contribution in [3.63, 3.8) is 0 Å². The molecule has 4 rings (SSSR count). The summed E-state index contributed by atoms with van der Waals surface area (Å²) in [6, 6.07) is 5.81. The summed E-state index contributed by atoms with van der Waals surface area (Å²) in [5.41, 5.74) is 9.13. The number of nitrogens with one attached hydrogen (secondary N) is 1. The maximum absolute atomic E-state index is 12.7. The molecule has 0 aliphatic carbocycles. The van der Waals surface area contributed by atoms with Gasteiger partial charge in [-0.1, -0.05) is 6.07 Å². The van der Waals surface area contributed by atoms with Crippen LogP contribution >= 0.6 is 22.7 Å². The molecule has 0 bridgehead atoms. The van der Waals surface area contributed by atoms with E-state index >= 15 is 0 Å². The normalized spacial score (nSPS) is 14.1. The summed E-state index contributed by atoms with van der Waals surface area (Å²) in [5.74, 6) is -0.0777. The Kier molecular flexibility index (Phi) is 7.51. The number of aryl methyl sites for hydroxylation is 3. The summed E-state index contributed by atoms with van der Waals surface area (Å²) < 4.78 is 5.70. The van der Waals surface area contributed by atoms with Gasteiger partial charge >= 0.3 is 0 Å². The van der Waals surface area contributed by atoms with E-state index in [1.807, 2.05) is 36.9 Å². The predicted octanol–water partition coefficient (Wildman–Crippen LogP) is 4.27. The summed E-state index contributed by atoms with van der Waals surface area (Å²) in [7, 11) is 0. The number of ether oxygens (including phenoxy) is 1. The lowest BCUT2D eigenvalue weighted by molar-refractivity contribution is -0.134. The largest absolute Gasteiger partial charge is 0.484 e. The standard InChI is InChI=1S/C25H28N4O4S2/c1-14-4-5-18(10-15(14)2)33-11-20(30)29-8-6-17(7-9-29)24-27-19(13-35-24)23(32)28-25-21(22(26)31)16(3)12-34-25/h4-5,10,12-13,17H,6-9,11H2,1-3H3,(H2,26,31)(H,28,32). The van der Waals surface area contributed by atoms with Gasteiger partial charge in [-0.2, -0.15) is 0 Å². The van der Waals surface area contributed by atoms with Gasteiger partial charge in [0.2, 0.25) is 0 Å². The molecule has 1 aliphatic rings. The Morgan fingerprint density at radius 3 is 2.51 bits per heavy atom. The van der Waals surface area contributed by atoms with Crippen LogP contribution in [-0.2, 0) is 4.79 Å². The summed E-state index contributed by atoms with van der Waals surface area (Å²) >= 11 is 2.71. The lowest BCUT2D eigenvalue weighted by Gasteiger charge is -2.31. The van der Waals surface area contributed by atoms with Crippen LogP contribution in [0.2, 0.25) is 0 Å². The molecule has 184 valence electrons. The molecule has 10 heteroatoms. The average molecular weight is 513 g/mol. The van der Waals surface area contributed by atoms with Crippen molar-refractivity contribution in [3.05, 3.63) is 61.9 Å². The van der Waals surface area contributed by atoms with Crippen LogP contribution < -0.4 is 15.8 Å². The van der Waals surface area contributed by atoms with Crippen LogP contribution in [0.3, 0.4) is 0 Å². The van der Waals surface area contributed by atoms with Crippen molar-refractivity contribution in [3.8, 4) is 5.75 Å². The zero-order chi connectivity index (χ0) is 25.1. The number of hydrogen-bond acceptors (Lipinski definition) is 7. The van der Waals surface area contributed by atoms with E-state index in [9.17, 15) is 14.4 Å². The minimum Gasteiger partial charge on any atom is -0.484 e. The van der Waals surface area contributed by atoms with Gasteiger partial charge in [0.1, 0.15) is 16.4 Å². The summed E-state index contributed by atoms with van der Waals surface area (Å²) in [6.45, 7) is 7.10. The molecule has 0 atom stereocenters. The molecule has 2 aromatic heterocycles. The van der Waals surface area contributed by atoms with E-state index in [0.29, 0.717) is 35.1 Å². The maximum Gasteiger partial charge on any atom is 0.275 e. The first-order valence-corrected chi connectivity index (χ1v) is 13.1. The van der Waals surface area contributed by atoms with Gasteiger partial charge in [0.15, 0.2) is 6.61 Å². The highest BCUT2D eigenvalue weighted by Gasteiger charge is 2.27. The Balaban J connectivity index is 1.29.